The molecule has 0 heterocycles. The van der Waals surface area contributed by atoms with Crippen molar-refractivity contribution in [2.75, 3.05) is 10.6 Å². The first-order valence-corrected chi connectivity index (χ1v) is 14.6. The van der Waals surface area contributed by atoms with Crippen LogP contribution in [0, 0.1) is 5.82 Å². The molecule has 0 saturated heterocycles. The van der Waals surface area contributed by atoms with Crippen molar-refractivity contribution >= 4 is 64.5 Å². The van der Waals surface area contributed by atoms with Crippen LogP contribution in [0.3, 0.4) is 0 Å². The molecule has 4 aromatic rings. The third-order valence-electron chi connectivity index (χ3n) is 6.25. The van der Waals surface area contributed by atoms with Gasteiger partial charge in [0.25, 0.3) is 11.8 Å². The number of hydrogen-bond acceptors (Lipinski definition) is 5. The zero-order chi connectivity index (χ0) is 31.6. The number of anilines is 2. The van der Waals surface area contributed by atoms with Crippen LogP contribution in [0.4, 0.5) is 15.8 Å². The molecular formula is C33H27ClFN3O5S. The molecule has 0 aliphatic heterocycles. The van der Waals surface area contributed by atoms with Gasteiger partial charge in [0.1, 0.15) is 11.5 Å². The molecule has 4 aromatic carbocycles. The number of carboxylic acid groups (broad SMARTS) is 1. The van der Waals surface area contributed by atoms with Gasteiger partial charge in [0.15, 0.2) is 0 Å². The van der Waals surface area contributed by atoms with E-state index in [0.29, 0.717) is 28.3 Å². The number of carboxylic acids is 1. The predicted octanol–water partition coefficient (Wildman–Crippen LogP) is 7.10. The molecule has 224 valence electrons. The lowest BCUT2D eigenvalue weighted by Crippen LogP contribution is -2.30. The molecule has 0 bridgehead atoms. The predicted molar refractivity (Wildman–Crippen MR) is 170 cm³/mol. The third-order valence-corrected chi connectivity index (χ3v) is 7.94. The largest absolute Gasteiger partial charge is 0.478 e. The minimum Gasteiger partial charge on any atom is -0.478 e. The van der Waals surface area contributed by atoms with Crippen LogP contribution >= 0.6 is 23.4 Å². The molecule has 44 heavy (non-hydrogen) atoms. The van der Waals surface area contributed by atoms with Crippen molar-refractivity contribution in [1.29, 1.82) is 0 Å². The number of thioether (sulfide) groups is 1. The fourth-order valence-corrected chi connectivity index (χ4v) is 5.22. The smallest absolute Gasteiger partial charge is 0.335 e. The highest BCUT2D eigenvalue weighted by molar-refractivity contribution is 8.00. The Morgan fingerprint density at radius 1 is 0.864 bits per heavy atom. The maximum absolute atomic E-state index is 14.6. The number of carbonyl (C=O) groups is 4. The molecule has 0 fully saturated rings. The molecule has 3 amide bonds. The number of amides is 3. The monoisotopic (exact) mass is 631 g/mol. The summed E-state index contributed by atoms with van der Waals surface area (Å²) in [7, 11) is 0. The Morgan fingerprint density at radius 2 is 1.57 bits per heavy atom. The summed E-state index contributed by atoms with van der Waals surface area (Å²) in [4.78, 5) is 51.0. The van der Waals surface area contributed by atoms with Crippen LogP contribution in [-0.2, 0) is 9.59 Å². The maximum Gasteiger partial charge on any atom is 0.335 e. The van der Waals surface area contributed by atoms with Crippen LogP contribution in [0.25, 0.3) is 6.08 Å². The van der Waals surface area contributed by atoms with E-state index in [0.717, 1.165) is 0 Å². The Balaban J connectivity index is 1.51. The number of nitrogens with one attached hydrogen (secondary N) is 3. The molecule has 4 N–H and O–H groups in total. The summed E-state index contributed by atoms with van der Waals surface area (Å²) < 4.78 is 14.6. The summed E-state index contributed by atoms with van der Waals surface area (Å²) in [6.45, 7) is 1.86. The summed E-state index contributed by atoms with van der Waals surface area (Å²) in [5.74, 6) is -3.29. The van der Waals surface area contributed by atoms with Gasteiger partial charge in [-0.05, 0) is 79.2 Å². The van der Waals surface area contributed by atoms with Crippen LogP contribution in [0.15, 0.2) is 108 Å². The molecule has 1 atom stereocenters. The van der Waals surface area contributed by atoms with Gasteiger partial charge in [0.05, 0.1) is 15.8 Å². The molecule has 1 unspecified atom stereocenters. The fraction of sp³-hybridized carbons (Fsp3) is 0.0909. The highest BCUT2D eigenvalue weighted by Crippen LogP contribution is 2.29. The first-order chi connectivity index (χ1) is 21.1. The van der Waals surface area contributed by atoms with Crippen molar-refractivity contribution in [2.45, 2.75) is 23.5 Å². The number of aromatic carboxylic acids is 1. The van der Waals surface area contributed by atoms with Gasteiger partial charge in [0, 0.05) is 27.4 Å². The van der Waals surface area contributed by atoms with Gasteiger partial charge in [0.2, 0.25) is 5.91 Å². The number of carbonyl (C=O) groups excluding carboxylic acids is 3. The number of hydrogen-bond donors (Lipinski definition) is 4. The van der Waals surface area contributed by atoms with E-state index in [1.54, 1.807) is 54.6 Å². The van der Waals surface area contributed by atoms with Gasteiger partial charge in [-0.1, -0.05) is 48.9 Å². The topological polar surface area (TPSA) is 125 Å². The zero-order valence-electron chi connectivity index (χ0n) is 23.3. The Morgan fingerprint density at radius 3 is 2.23 bits per heavy atom. The van der Waals surface area contributed by atoms with E-state index in [1.165, 1.54) is 60.3 Å². The van der Waals surface area contributed by atoms with E-state index in [2.05, 4.69) is 16.0 Å². The Labute approximate surface area is 262 Å². The van der Waals surface area contributed by atoms with E-state index in [-0.39, 0.29) is 27.8 Å². The highest BCUT2D eigenvalue weighted by Gasteiger charge is 2.20. The summed E-state index contributed by atoms with van der Waals surface area (Å²) in [5.41, 5.74) is 0.949. The van der Waals surface area contributed by atoms with Gasteiger partial charge < -0.3 is 21.1 Å². The standard InChI is InChI=1S/C33H27ClFN3O5S/c1-2-29(32(41)36-22-16-14-21(15-17-22)33(42)43)44-24-11-6-10-23(18-24)37-31(40)28(19-25-26(34)12-7-13-27(25)35)38-30(39)20-8-4-3-5-9-20/h3-19,29H,2H2,1H3,(H,36,41)(H,37,40)(H,38,39)(H,42,43)/b28-19+. The molecule has 4 rings (SSSR count). The van der Waals surface area contributed by atoms with Crippen LogP contribution in [-0.4, -0.2) is 34.0 Å². The molecule has 0 aliphatic carbocycles. The number of benzene rings is 4. The lowest BCUT2D eigenvalue weighted by molar-refractivity contribution is -0.116. The highest BCUT2D eigenvalue weighted by atomic mass is 35.5. The average molecular weight is 632 g/mol. The number of halogens is 2. The molecule has 0 radical (unpaired) electrons. The minimum atomic E-state index is -1.06. The van der Waals surface area contributed by atoms with Gasteiger partial charge >= 0.3 is 5.97 Å². The SMILES string of the molecule is CCC(Sc1cccc(NC(=O)/C(=C\c2c(F)cccc2Cl)NC(=O)c2ccccc2)c1)C(=O)Nc1ccc(C(=O)O)cc1. The Bertz CT molecular complexity index is 1690. The van der Waals surface area contributed by atoms with Gasteiger partial charge in [-0.15, -0.1) is 11.8 Å². The van der Waals surface area contributed by atoms with Crippen molar-refractivity contribution in [2.24, 2.45) is 0 Å². The second-order valence-electron chi connectivity index (χ2n) is 9.38. The zero-order valence-corrected chi connectivity index (χ0v) is 24.9. The normalized spacial score (nSPS) is 11.8. The van der Waals surface area contributed by atoms with Crippen molar-refractivity contribution in [3.8, 4) is 0 Å². The third kappa shape index (κ3) is 8.56. The second-order valence-corrected chi connectivity index (χ2v) is 11.1. The molecule has 0 saturated carbocycles. The van der Waals surface area contributed by atoms with Gasteiger partial charge in [-0.25, -0.2) is 9.18 Å². The van der Waals surface area contributed by atoms with Crippen LogP contribution in [0.5, 0.6) is 0 Å². The maximum atomic E-state index is 14.6. The van der Waals surface area contributed by atoms with E-state index in [4.69, 9.17) is 16.7 Å². The summed E-state index contributed by atoms with van der Waals surface area (Å²) in [6, 6.07) is 25.0. The minimum absolute atomic E-state index is 0.0596. The van der Waals surface area contributed by atoms with Crippen molar-refractivity contribution in [3.05, 3.63) is 130 Å². The van der Waals surface area contributed by atoms with Crippen LogP contribution in [0.2, 0.25) is 5.02 Å². The Kier molecular flexibility index (Phi) is 10.9. The van der Waals surface area contributed by atoms with Gasteiger partial charge in [-0.3, -0.25) is 14.4 Å². The van der Waals surface area contributed by atoms with Gasteiger partial charge in [-0.2, -0.15) is 0 Å². The lowest BCUT2D eigenvalue weighted by Gasteiger charge is -2.16. The molecular weight excluding hydrogens is 605 g/mol. The Hall–Kier alpha value is -4.93. The van der Waals surface area contributed by atoms with Crippen molar-refractivity contribution < 1.29 is 28.7 Å². The van der Waals surface area contributed by atoms with E-state index >= 15 is 0 Å². The summed E-state index contributed by atoms with van der Waals surface area (Å²) >= 11 is 7.46. The quantitative estimate of drug-likeness (QED) is 0.103. The first-order valence-electron chi connectivity index (χ1n) is 13.4. The summed E-state index contributed by atoms with van der Waals surface area (Å²) in [6.07, 6.45) is 1.66. The molecule has 0 spiro atoms. The van der Waals surface area contributed by atoms with E-state index < -0.39 is 28.9 Å². The van der Waals surface area contributed by atoms with Crippen LogP contribution in [0.1, 0.15) is 39.6 Å². The molecule has 0 aromatic heterocycles. The summed E-state index contributed by atoms with van der Waals surface area (Å²) in [5, 5.41) is 16.7. The average Bonchev–Trinajstić information content (AvgIpc) is 3.01. The van der Waals surface area contributed by atoms with Crippen LogP contribution < -0.4 is 16.0 Å². The molecule has 0 aliphatic rings. The fourth-order valence-electron chi connectivity index (χ4n) is 3.99. The van der Waals surface area contributed by atoms with Crippen molar-refractivity contribution in [3.63, 3.8) is 0 Å². The van der Waals surface area contributed by atoms with E-state index in [1.807, 2.05) is 6.92 Å². The molecule has 11 heteroatoms. The number of rotatable bonds is 11. The molecule has 8 nitrogen and oxygen atoms in total. The second kappa shape index (κ2) is 15.0. The lowest BCUT2D eigenvalue weighted by atomic mass is 10.1. The van der Waals surface area contributed by atoms with E-state index in [9.17, 15) is 23.6 Å². The van der Waals surface area contributed by atoms with Crippen molar-refractivity contribution in [1.82, 2.24) is 5.32 Å². The first kappa shape index (κ1) is 32.0.